The van der Waals surface area contributed by atoms with Crippen LogP contribution in [0.5, 0.6) is 0 Å². The van der Waals surface area contributed by atoms with Gasteiger partial charge in [-0.15, -0.1) is 11.3 Å². The van der Waals surface area contributed by atoms with E-state index < -0.39 is 23.9 Å². The Hall–Kier alpha value is -3.07. The Morgan fingerprint density at radius 3 is 2.88 bits per heavy atom. The summed E-state index contributed by atoms with van der Waals surface area (Å²) in [5.41, 5.74) is 2.98. The molecule has 1 saturated heterocycles. The minimum Gasteiger partial charge on any atom is -0.389 e. The Labute approximate surface area is 188 Å². The van der Waals surface area contributed by atoms with E-state index in [1.807, 2.05) is 40.3 Å². The number of carbonyl (C=O) groups is 1. The number of aromatic nitrogens is 2. The maximum atomic E-state index is 14.8. The fourth-order valence-electron chi connectivity index (χ4n) is 4.06. The molecule has 8 heteroatoms. The van der Waals surface area contributed by atoms with Crippen molar-refractivity contribution >= 4 is 28.1 Å². The predicted molar refractivity (Wildman–Crippen MR) is 121 cm³/mol. The van der Waals surface area contributed by atoms with Crippen LogP contribution in [-0.4, -0.2) is 45.9 Å². The molecule has 1 fully saturated rings. The number of thiazole rings is 1. The summed E-state index contributed by atoms with van der Waals surface area (Å²) in [6.07, 6.45) is 3.20. The highest BCUT2D eigenvalue weighted by Crippen LogP contribution is 2.27. The standard InChI is InChI=1S/C24H22FN3O3S/c25-18-2-1-3-20-22(18)17(23(30)27-19-8-10-31-14-21(19)29)13-28(20)12-15-4-6-16(7-5-15)24-26-9-11-32-24/h1-7,9,11,13,19,21,29H,8,10,12,14H2,(H,27,30)/t19-,21-/m0/s1. The van der Waals surface area contributed by atoms with Crippen molar-refractivity contribution in [2.75, 3.05) is 13.2 Å². The zero-order valence-electron chi connectivity index (χ0n) is 17.2. The molecule has 2 aromatic heterocycles. The van der Waals surface area contributed by atoms with Crippen molar-refractivity contribution in [3.05, 3.63) is 77.2 Å². The van der Waals surface area contributed by atoms with Crippen LogP contribution in [0.4, 0.5) is 4.39 Å². The number of nitrogens with one attached hydrogen (secondary N) is 1. The van der Waals surface area contributed by atoms with Crippen LogP contribution < -0.4 is 5.32 Å². The fraction of sp³-hybridized carbons (Fsp3) is 0.250. The average Bonchev–Trinajstić information content (AvgIpc) is 3.46. The highest BCUT2D eigenvalue weighted by atomic mass is 32.1. The Kier molecular flexibility index (Phi) is 5.73. The third-order valence-electron chi connectivity index (χ3n) is 5.73. The molecule has 0 saturated carbocycles. The van der Waals surface area contributed by atoms with Gasteiger partial charge in [-0.1, -0.05) is 30.3 Å². The van der Waals surface area contributed by atoms with Crippen LogP contribution in [0.3, 0.4) is 0 Å². The normalized spacial score (nSPS) is 18.7. The number of hydrogen-bond donors (Lipinski definition) is 2. The minimum absolute atomic E-state index is 0.179. The molecule has 6 nitrogen and oxygen atoms in total. The number of hydrogen-bond acceptors (Lipinski definition) is 5. The number of aliphatic hydroxyl groups is 1. The number of carbonyl (C=O) groups excluding carboxylic acids is 1. The van der Waals surface area contributed by atoms with Gasteiger partial charge in [-0.25, -0.2) is 9.37 Å². The molecule has 0 unspecified atom stereocenters. The fourth-order valence-corrected chi connectivity index (χ4v) is 4.71. The zero-order chi connectivity index (χ0) is 22.1. The molecule has 0 bridgehead atoms. The molecule has 164 valence electrons. The zero-order valence-corrected chi connectivity index (χ0v) is 18.0. The van der Waals surface area contributed by atoms with E-state index in [1.165, 1.54) is 6.07 Å². The Bertz CT molecular complexity index is 1240. The highest BCUT2D eigenvalue weighted by molar-refractivity contribution is 7.13. The molecular weight excluding hydrogens is 429 g/mol. The summed E-state index contributed by atoms with van der Waals surface area (Å²) in [6.45, 7) is 1.14. The lowest BCUT2D eigenvalue weighted by Crippen LogP contribution is -2.48. The molecule has 2 N–H and O–H groups in total. The summed E-state index contributed by atoms with van der Waals surface area (Å²) in [4.78, 5) is 17.3. The lowest BCUT2D eigenvalue weighted by atomic mass is 10.1. The van der Waals surface area contributed by atoms with Crippen LogP contribution in [0.15, 0.2) is 60.2 Å². The minimum atomic E-state index is -0.776. The van der Waals surface area contributed by atoms with Crippen molar-refractivity contribution in [1.29, 1.82) is 0 Å². The number of amides is 1. The molecule has 0 spiro atoms. The van der Waals surface area contributed by atoms with Crippen molar-refractivity contribution in [1.82, 2.24) is 14.9 Å². The van der Waals surface area contributed by atoms with Crippen LogP contribution in [0.1, 0.15) is 22.3 Å². The lowest BCUT2D eigenvalue weighted by molar-refractivity contribution is -0.0260. The van der Waals surface area contributed by atoms with Crippen LogP contribution in [-0.2, 0) is 11.3 Å². The summed E-state index contributed by atoms with van der Waals surface area (Å²) in [5.74, 6) is -0.845. The monoisotopic (exact) mass is 451 g/mol. The number of rotatable bonds is 5. The molecule has 1 amide bonds. The van der Waals surface area contributed by atoms with Gasteiger partial charge in [-0.2, -0.15) is 0 Å². The Morgan fingerprint density at radius 1 is 1.28 bits per heavy atom. The summed E-state index contributed by atoms with van der Waals surface area (Å²) in [7, 11) is 0. The van der Waals surface area contributed by atoms with E-state index in [9.17, 15) is 14.3 Å². The average molecular weight is 452 g/mol. The summed E-state index contributed by atoms with van der Waals surface area (Å²) in [6, 6.07) is 12.4. The van der Waals surface area contributed by atoms with Gasteiger partial charge >= 0.3 is 0 Å². The molecule has 1 aliphatic heterocycles. The summed E-state index contributed by atoms with van der Waals surface area (Å²) < 4.78 is 21.9. The largest absolute Gasteiger partial charge is 0.389 e. The van der Waals surface area contributed by atoms with Gasteiger partial charge < -0.3 is 19.7 Å². The molecule has 2 aromatic carbocycles. The molecule has 32 heavy (non-hydrogen) atoms. The maximum Gasteiger partial charge on any atom is 0.253 e. The second kappa shape index (κ2) is 8.82. The summed E-state index contributed by atoms with van der Waals surface area (Å²) >= 11 is 1.58. The van der Waals surface area contributed by atoms with Gasteiger partial charge in [0.25, 0.3) is 5.91 Å². The first-order chi connectivity index (χ1) is 15.6. The van der Waals surface area contributed by atoms with Crippen molar-refractivity contribution < 1.29 is 19.0 Å². The second-order valence-electron chi connectivity index (χ2n) is 7.85. The maximum absolute atomic E-state index is 14.8. The van der Waals surface area contributed by atoms with E-state index in [2.05, 4.69) is 10.3 Å². The number of fused-ring (bicyclic) bond motifs is 1. The van der Waals surface area contributed by atoms with Gasteiger partial charge in [0, 0.05) is 41.9 Å². The number of nitrogens with zero attached hydrogens (tertiary/aromatic N) is 2. The SMILES string of the molecule is O=C(N[C@H]1CCOC[C@@H]1O)c1cn(Cc2ccc(-c3nccs3)cc2)c2cccc(F)c12. The van der Waals surface area contributed by atoms with Gasteiger partial charge in [0.05, 0.1) is 29.8 Å². The first kappa shape index (κ1) is 20.8. The van der Waals surface area contributed by atoms with E-state index in [-0.39, 0.29) is 17.6 Å². The van der Waals surface area contributed by atoms with Gasteiger partial charge in [0.1, 0.15) is 10.8 Å². The smallest absolute Gasteiger partial charge is 0.253 e. The van der Waals surface area contributed by atoms with Crippen molar-refractivity contribution in [2.45, 2.75) is 25.1 Å². The molecule has 3 heterocycles. The quantitative estimate of drug-likeness (QED) is 0.484. The topological polar surface area (TPSA) is 76.4 Å². The van der Waals surface area contributed by atoms with E-state index in [0.717, 1.165) is 16.1 Å². The third-order valence-corrected chi connectivity index (χ3v) is 6.55. The molecule has 4 aromatic rings. The molecular formula is C24H22FN3O3S. The molecule has 0 radical (unpaired) electrons. The number of halogens is 1. The second-order valence-corrected chi connectivity index (χ2v) is 8.74. The van der Waals surface area contributed by atoms with Crippen LogP contribution in [0.25, 0.3) is 21.5 Å². The van der Waals surface area contributed by atoms with Gasteiger partial charge in [0.15, 0.2) is 0 Å². The van der Waals surface area contributed by atoms with Crippen LogP contribution >= 0.6 is 11.3 Å². The van der Waals surface area contributed by atoms with E-state index in [0.29, 0.717) is 25.1 Å². The summed E-state index contributed by atoms with van der Waals surface area (Å²) in [5, 5.41) is 16.1. The lowest BCUT2D eigenvalue weighted by Gasteiger charge is -2.28. The number of ether oxygens (including phenoxy) is 1. The van der Waals surface area contributed by atoms with Gasteiger partial charge in [-0.05, 0) is 24.1 Å². The van der Waals surface area contributed by atoms with E-state index in [1.54, 1.807) is 29.8 Å². The van der Waals surface area contributed by atoms with Gasteiger partial charge in [0.2, 0.25) is 0 Å². The van der Waals surface area contributed by atoms with Crippen LogP contribution in [0, 0.1) is 5.82 Å². The van der Waals surface area contributed by atoms with E-state index >= 15 is 0 Å². The molecule has 5 rings (SSSR count). The third kappa shape index (κ3) is 4.04. The Morgan fingerprint density at radius 2 is 2.12 bits per heavy atom. The molecule has 1 aliphatic rings. The molecule has 2 atom stereocenters. The first-order valence-corrected chi connectivity index (χ1v) is 11.3. The molecule has 0 aliphatic carbocycles. The van der Waals surface area contributed by atoms with Gasteiger partial charge in [-0.3, -0.25) is 4.79 Å². The Balaban J connectivity index is 1.44. The van der Waals surface area contributed by atoms with Crippen LogP contribution in [0.2, 0.25) is 0 Å². The van der Waals surface area contributed by atoms with Crippen molar-refractivity contribution in [3.63, 3.8) is 0 Å². The van der Waals surface area contributed by atoms with E-state index in [4.69, 9.17) is 4.74 Å². The highest BCUT2D eigenvalue weighted by Gasteiger charge is 2.27. The number of aliphatic hydroxyl groups excluding tert-OH is 1. The van der Waals surface area contributed by atoms with Crippen molar-refractivity contribution in [3.8, 4) is 10.6 Å². The first-order valence-electron chi connectivity index (χ1n) is 10.4. The van der Waals surface area contributed by atoms with Crippen molar-refractivity contribution in [2.24, 2.45) is 0 Å². The predicted octanol–water partition coefficient (Wildman–Crippen LogP) is 3.83. The number of benzene rings is 2.